The fraction of sp³-hybridized carbons (Fsp3) is 0.353. The van der Waals surface area contributed by atoms with Gasteiger partial charge in [0.05, 0.1) is 5.56 Å². The second-order valence-electron chi connectivity index (χ2n) is 6.18. The Hall–Kier alpha value is -1.90. The van der Waals surface area contributed by atoms with Crippen LogP contribution in [0.2, 0.25) is 0 Å². The Morgan fingerprint density at radius 1 is 1.32 bits per heavy atom. The number of nitrogens with two attached hydrogens (primary N) is 1. The summed E-state index contributed by atoms with van der Waals surface area (Å²) in [4.78, 5) is 15.3. The van der Waals surface area contributed by atoms with Gasteiger partial charge in [0.2, 0.25) is 10.0 Å². The van der Waals surface area contributed by atoms with Crippen molar-refractivity contribution in [1.29, 1.82) is 0 Å². The van der Waals surface area contributed by atoms with Crippen molar-refractivity contribution < 1.29 is 13.2 Å². The summed E-state index contributed by atoms with van der Waals surface area (Å²) in [6.07, 6.45) is 1.89. The minimum absolute atomic E-state index is 0.0318. The lowest BCUT2D eigenvalue weighted by Gasteiger charge is -2.33. The molecule has 134 valence electrons. The van der Waals surface area contributed by atoms with Crippen molar-refractivity contribution in [1.82, 2.24) is 4.90 Å². The number of amides is 1. The number of aryl methyl sites for hydroxylation is 1. The van der Waals surface area contributed by atoms with E-state index in [1.807, 2.05) is 30.3 Å². The van der Waals surface area contributed by atoms with Crippen LogP contribution in [0.5, 0.6) is 0 Å². The van der Waals surface area contributed by atoms with Crippen LogP contribution in [-0.4, -0.2) is 38.4 Å². The van der Waals surface area contributed by atoms with Crippen molar-refractivity contribution >= 4 is 33.0 Å². The number of sulfonamides is 1. The van der Waals surface area contributed by atoms with E-state index in [0.717, 1.165) is 29.9 Å². The maximum absolute atomic E-state index is 12.8. The molecule has 8 heteroatoms. The van der Waals surface area contributed by atoms with E-state index < -0.39 is 10.0 Å². The number of hydrogen-bond donors (Lipinski definition) is 2. The summed E-state index contributed by atoms with van der Waals surface area (Å²) in [6.45, 7) is 3.01. The fourth-order valence-corrected chi connectivity index (χ4v) is 4.88. The zero-order valence-corrected chi connectivity index (χ0v) is 15.6. The normalized spacial score (nSPS) is 18.2. The number of thiophene rings is 1. The lowest BCUT2D eigenvalue weighted by atomic mass is 10.0. The number of likely N-dealkylation sites (tertiary alicyclic amines) is 1. The molecule has 0 saturated carbocycles. The third-order valence-corrected chi connectivity index (χ3v) is 6.73. The molecule has 0 spiro atoms. The van der Waals surface area contributed by atoms with Crippen LogP contribution < -0.4 is 10.5 Å². The fourth-order valence-electron chi connectivity index (χ4n) is 3.03. The monoisotopic (exact) mass is 379 g/mol. The second-order valence-corrected chi connectivity index (χ2v) is 9.23. The predicted octanol–water partition coefficient (Wildman–Crippen LogP) is 2.42. The minimum Gasteiger partial charge on any atom is -0.381 e. The molecule has 1 aliphatic heterocycles. The number of anilines is 1. The van der Waals surface area contributed by atoms with Crippen molar-refractivity contribution in [3.8, 4) is 0 Å². The third-order valence-electron chi connectivity index (χ3n) is 4.26. The van der Waals surface area contributed by atoms with E-state index in [1.165, 1.54) is 6.07 Å². The molecule has 3 N–H and O–H groups in total. The van der Waals surface area contributed by atoms with Crippen LogP contribution in [0.3, 0.4) is 0 Å². The molecule has 1 unspecified atom stereocenters. The lowest BCUT2D eigenvalue weighted by Crippen LogP contribution is -2.45. The molecule has 1 fully saturated rings. The Labute approximate surface area is 151 Å². The standard InChI is InChI=1S/C17H21N3O3S2/c1-12-15(10-16(24-12)25(18,22)23)17(21)20-9-5-8-14(11-20)19-13-6-3-2-4-7-13/h2-4,6-7,10,14,19H,5,8-9,11H2,1H3,(H2,18,22,23). The number of para-hydroxylation sites is 1. The van der Waals surface area contributed by atoms with Crippen molar-refractivity contribution in [2.45, 2.75) is 30.0 Å². The van der Waals surface area contributed by atoms with Crippen LogP contribution in [0.4, 0.5) is 5.69 Å². The minimum atomic E-state index is -3.78. The molecule has 6 nitrogen and oxygen atoms in total. The van der Waals surface area contributed by atoms with Crippen LogP contribution in [0.15, 0.2) is 40.6 Å². The quantitative estimate of drug-likeness (QED) is 0.853. The highest BCUT2D eigenvalue weighted by Crippen LogP contribution is 2.27. The average molecular weight is 380 g/mol. The SMILES string of the molecule is Cc1sc(S(N)(=O)=O)cc1C(=O)N1CCCC(Nc2ccccc2)C1. The first-order valence-electron chi connectivity index (χ1n) is 8.08. The van der Waals surface area contributed by atoms with Crippen LogP contribution >= 0.6 is 11.3 Å². The van der Waals surface area contributed by atoms with Gasteiger partial charge in [0, 0.05) is 29.7 Å². The number of carbonyl (C=O) groups excluding carboxylic acids is 1. The Kier molecular flexibility index (Phi) is 5.12. The van der Waals surface area contributed by atoms with E-state index >= 15 is 0 Å². The van der Waals surface area contributed by atoms with Gasteiger partial charge >= 0.3 is 0 Å². The molecule has 3 rings (SSSR count). The van der Waals surface area contributed by atoms with E-state index in [0.29, 0.717) is 23.5 Å². The molecule has 0 bridgehead atoms. The zero-order valence-electron chi connectivity index (χ0n) is 13.9. The van der Waals surface area contributed by atoms with Gasteiger partial charge in [-0.25, -0.2) is 13.6 Å². The number of rotatable bonds is 4. The topological polar surface area (TPSA) is 92.5 Å². The van der Waals surface area contributed by atoms with Gasteiger partial charge < -0.3 is 10.2 Å². The molecule has 0 radical (unpaired) electrons. The summed E-state index contributed by atoms with van der Waals surface area (Å²) >= 11 is 1.04. The van der Waals surface area contributed by atoms with Gasteiger partial charge in [0.25, 0.3) is 5.91 Å². The summed E-state index contributed by atoms with van der Waals surface area (Å²) < 4.78 is 23.0. The Morgan fingerprint density at radius 3 is 2.68 bits per heavy atom. The first-order valence-corrected chi connectivity index (χ1v) is 10.4. The molecule has 25 heavy (non-hydrogen) atoms. The van der Waals surface area contributed by atoms with Gasteiger partial charge in [-0.3, -0.25) is 4.79 Å². The number of benzene rings is 1. The molecular weight excluding hydrogens is 358 g/mol. The zero-order chi connectivity index (χ0) is 18.0. The van der Waals surface area contributed by atoms with Crippen LogP contribution in [0.1, 0.15) is 28.1 Å². The molecule has 2 aromatic rings. The Balaban J connectivity index is 1.73. The highest BCUT2D eigenvalue weighted by Gasteiger charge is 2.27. The van der Waals surface area contributed by atoms with E-state index in [2.05, 4.69) is 5.32 Å². The van der Waals surface area contributed by atoms with E-state index in [4.69, 9.17) is 5.14 Å². The third kappa shape index (κ3) is 4.20. The lowest BCUT2D eigenvalue weighted by molar-refractivity contribution is 0.0714. The number of primary sulfonamides is 1. The second kappa shape index (κ2) is 7.15. The largest absolute Gasteiger partial charge is 0.381 e. The van der Waals surface area contributed by atoms with Gasteiger partial charge in [-0.15, -0.1) is 11.3 Å². The predicted molar refractivity (Wildman–Crippen MR) is 99.4 cm³/mol. The molecule has 1 aromatic carbocycles. The van der Waals surface area contributed by atoms with Gasteiger partial charge in [0.1, 0.15) is 4.21 Å². The van der Waals surface area contributed by atoms with Gasteiger partial charge in [-0.1, -0.05) is 18.2 Å². The molecule has 1 atom stereocenters. The van der Waals surface area contributed by atoms with Crippen LogP contribution in [0.25, 0.3) is 0 Å². The molecule has 1 aromatic heterocycles. The van der Waals surface area contributed by atoms with Crippen LogP contribution in [0, 0.1) is 6.92 Å². The Morgan fingerprint density at radius 2 is 2.04 bits per heavy atom. The number of nitrogens with one attached hydrogen (secondary N) is 1. The summed E-state index contributed by atoms with van der Waals surface area (Å²) in [5, 5.41) is 8.63. The number of piperidine rings is 1. The molecule has 1 saturated heterocycles. The van der Waals surface area contributed by atoms with Gasteiger partial charge in [0.15, 0.2) is 0 Å². The maximum Gasteiger partial charge on any atom is 0.255 e. The molecule has 0 aliphatic carbocycles. The summed E-state index contributed by atoms with van der Waals surface area (Å²) in [6, 6.07) is 11.5. The summed E-state index contributed by atoms with van der Waals surface area (Å²) in [7, 11) is -3.78. The van der Waals surface area contributed by atoms with Crippen molar-refractivity contribution in [3.05, 3.63) is 46.8 Å². The smallest absolute Gasteiger partial charge is 0.255 e. The van der Waals surface area contributed by atoms with Crippen molar-refractivity contribution in [3.63, 3.8) is 0 Å². The first kappa shape index (κ1) is 17.9. The number of nitrogens with zero attached hydrogens (tertiary/aromatic N) is 1. The molecule has 1 amide bonds. The highest BCUT2D eigenvalue weighted by molar-refractivity contribution is 7.91. The van der Waals surface area contributed by atoms with E-state index in [1.54, 1.807) is 11.8 Å². The van der Waals surface area contributed by atoms with Crippen molar-refractivity contribution in [2.75, 3.05) is 18.4 Å². The summed E-state index contributed by atoms with van der Waals surface area (Å²) in [5.41, 5.74) is 1.46. The first-order chi connectivity index (χ1) is 11.8. The van der Waals surface area contributed by atoms with E-state index in [9.17, 15) is 13.2 Å². The van der Waals surface area contributed by atoms with Gasteiger partial charge in [-0.05, 0) is 38.0 Å². The number of hydrogen-bond acceptors (Lipinski definition) is 5. The highest BCUT2D eigenvalue weighted by atomic mass is 32.2. The Bertz CT molecular complexity index is 863. The molecular formula is C17H21N3O3S2. The maximum atomic E-state index is 12.8. The van der Waals surface area contributed by atoms with Gasteiger partial charge in [-0.2, -0.15) is 0 Å². The van der Waals surface area contributed by atoms with Crippen LogP contribution in [-0.2, 0) is 10.0 Å². The molecule has 2 heterocycles. The van der Waals surface area contributed by atoms with E-state index in [-0.39, 0.29) is 16.2 Å². The van der Waals surface area contributed by atoms with Crippen molar-refractivity contribution in [2.24, 2.45) is 5.14 Å². The summed E-state index contributed by atoms with van der Waals surface area (Å²) in [5.74, 6) is -0.136. The molecule has 1 aliphatic rings. The average Bonchev–Trinajstić information content (AvgIpc) is 2.97. The number of carbonyl (C=O) groups is 1.